The van der Waals surface area contributed by atoms with Gasteiger partial charge >= 0.3 is 5.97 Å². The molecule has 1 aliphatic heterocycles. The highest BCUT2D eigenvalue weighted by atomic mass is 32.2. The fourth-order valence-corrected chi connectivity index (χ4v) is 3.70. The number of sulfonamides is 1. The quantitative estimate of drug-likeness (QED) is 0.690. The Morgan fingerprint density at radius 2 is 1.96 bits per heavy atom. The van der Waals surface area contributed by atoms with Crippen LogP contribution in [0.25, 0.3) is 0 Å². The van der Waals surface area contributed by atoms with Gasteiger partial charge in [-0.2, -0.15) is 4.31 Å². The Balaban J connectivity index is 1.85. The van der Waals surface area contributed by atoms with Crippen molar-refractivity contribution in [3.05, 3.63) is 24.2 Å². The Morgan fingerprint density at radius 3 is 2.52 bits per heavy atom. The van der Waals surface area contributed by atoms with Crippen LogP contribution < -0.4 is 0 Å². The fraction of sp³-hybridized carbons (Fsp3) is 0.571. The molecule has 1 saturated heterocycles. The van der Waals surface area contributed by atoms with Gasteiger partial charge in [-0.3, -0.25) is 9.59 Å². The molecule has 0 N–H and O–H groups in total. The molecule has 0 saturated carbocycles. The molecule has 1 aromatic rings. The first kappa shape index (κ1) is 17.5. The lowest BCUT2D eigenvalue weighted by atomic mass is 10.3. The highest BCUT2D eigenvalue weighted by Crippen LogP contribution is 2.13. The van der Waals surface area contributed by atoms with E-state index in [1.807, 2.05) is 0 Å². The predicted molar refractivity (Wildman–Crippen MR) is 81.2 cm³/mol. The van der Waals surface area contributed by atoms with E-state index < -0.39 is 16.0 Å². The maximum Gasteiger partial charge on any atom is 0.306 e. The number of carbonyl (C=O) groups excluding carboxylic acids is 2. The number of rotatable bonds is 6. The number of carbonyl (C=O) groups is 2. The zero-order valence-electron chi connectivity index (χ0n) is 12.9. The van der Waals surface area contributed by atoms with Crippen LogP contribution in [0.2, 0.25) is 0 Å². The molecule has 1 aliphatic rings. The first-order valence-corrected chi connectivity index (χ1v) is 9.01. The third-order valence-corrected chi connectivity index (χ3v) is 5.39. The number of esters is 1. The second kappa shape index (κ2) is 7.60. The Bertz CT molecular complexity index is 632. The number of hydrogen-bond donors (Lipinski definition) is 0. The van der Waals surface area contributed by atoms with Crippen LogP contribution in [-0.2, 0) is 19.6 Å². The third kappa shape index (κ3) is 4.55. The van der Waals surface area contributed by atoms with Gasteiger partial charge in [0.1, 0.15) is 0 Å². The second-order valence-corrected chi connectivity index (χ2v) is 7.13. The minimum Gasteiger partial charge on any atom is -0.466 e. The standard InChI is InChI=1S/C14H20N2O6S/c1-2-21-13(17)5-11-23(19,20)16-8-6-15(7-9-16)14(18)12-4-3-10-22-12/h3-4,10H,2,5-9,11H2,1H3. The zero-order chi connectivity index (χ0) is 16.9. The average molecular weight is 344 g/mol. The highest BCUT2D eigenvalue weighted by Gasteiger charge is 2.30. The van der Waals surface area contributed by atoms with Gasteiger partial charge in [-0.1, -0.05) is 0 Å². The van der Waals surface area contributed by atoms with E-state index in [0.717, 1.165) is 0 Å². The van der Waals surface area contributed by atoms with Crippen LogP contribution in [0.1, 0.15) is 23.9 Å². The van der Waals surface area contributed by atoms with Crippen LogP contribution in [-0.4, -0.2) is 68.0 Å². The smallest absolute Gasteiger partial charge is 0.306 e. The molecule has 1 amide bonds. The van der Waals surface area contributed by atoms with Crippen molar-refractivity contribution >= 4 is 21.9 Å². The number of ether oxygens (including phenoxy) is 1. The minimum absolute atomic E-state index is 0.165. The molecule has 1 aromatic heterocycles. The maximum absolute atomic E-state index is 12.2. The second-order valence-electron chi connectivity index (χ2n) is 5.04. The number of amides is 1. The molecule has 0 spiro atoms. The van der Waals surface area contributed by atoms with Gasteiger partial charge in [0.15, 0.2) is 5.76 Å². The molecule has 2 rings (SSSR count). The molecule has 0 aliphatic carbocycles. The van der Waals surface area contributed by atoms with E-state index >= 15 is 0 Å². The van der Waals surface area contributed by atoms with Crippen molar-refractivity contribution in [3.8, 4) is 0 Å². The third-order valence-electron chi connectivity index (χ3n) is 3.52. The molecule has 8 nitrogen and oxygen atoms in total. The van der Waals surface area contributed by atoms with Gasteiger partial charge in [0.2, 0.25) is 10.0 Å². The summed E-state index contributed by atoms with van der Waals surface area (Å²) in [6.45, 7) is 2.89. The lowest BCUT2D eigenvalue weighted by Crippen LogP contribution is -2.51. The van der Waals surface area contributed by atoms with E-state index in [-0.39, 0.29) is 56.6 Å². The molecule has 2 heterocycles. The van der Waals surface area contributed by atoms with Crippen LogP contribution in [0.5, 0.6) is 0 Å². The van der Waals surface area contributed by atoms with Crippen molar-refractivity contribution in [2.45, 2.75) is 13.3 Å². The van der Waals surface area contributed by atoms with Crippen LogP contribution in [0.4, 0.5) is 0 Å². The summed E-state index contributed by atoms with van der Waals surface area (Å²) in [5, 5.41) is 0. The van der Waals surface area contributed by atoms with Crippen LogP contribution in [0.3, 0.4) is 0 Å². The summed E-state index contributed by atoms with van der Waals surface area (Å²) in [4.78, 5) is 24.9. The fourth-order valence-electron chi connectivity index (χ4n) is 2.30. The average Bonchev–Trinajstić information content (AvgIpc) is 3.07. The molecule has 0 aromatic carbocycles. The molecule has 23 heavy (non-hydrogen) atoms. The summed E-state index contributed by atoms with van der Waals surface area (Å²) >= 11 is 0. The largest absolute Gasteiger partial charge is 0.466 e. The van der Waals surface area contributed by atoms with E-state index in [1.54, 1.807) is 24.0 Å². The summed E-state index contributed by atoms with van der Waals surface area (Å²) in [5.41, 5.74) is 0. The minimum atomic E-state index is -3.53. The Labute approximate surface area is 135 Å². The van der Waals surface area contributed by atoms with Gasteiger partial charge in [0.25, 0.3) is 5.91 Å². The molecular formula is C14H20N2O6S. The van der Waals surface area contributed by atoms with Gasteiger partial charge in [0, 0.05) is 26.2 Å². The van der Waals surface area contributed by atoms with E-state index in [1.165, 1.54) is 10.6 Å². The van der Waals surface area contributed by atoms with Crippen LogP contribution in [0, 0.1) is 0 Å². The molecule has 0 bridgehead atoms. The lowest BCUT2D eigenvalue weighted by Gasteiger charge is -2.33. The summed E-state index contributed by atoms with van der Waals surface area (Å²) in [6, 6.07) is 3.20. The molecule has 0 radical (unpaired) electrons. The molecule has 9 heteroatoms. The highest BCUT2D eigenvalue weighted by molar-refractivity contribution is 7.89. The molecule has 0 atom stereocenters. The van der Waals surface area contributed by atoms with Crippen molar-refractivity contribution in [2.75, 3.05) is 38.5 Å². The normalized spacial score (nSPS) is 16.3. The molecular weight excluding hydrogens is 324 g/mol. The van der Waals surface area contributed by atoms with Crippen molar-refractivity contribution in [2.24, 2.45) is 0 Å². The number of hydrogen-bond acceptors (Lipinski definition) is 6. The van der Waals surface area contributed by atoms with Crippen molar-refractivity contribution in [1.29, 1.82) is 0 Å². The van der Waals surface area contributed by atoms with Crippen LogP contribution >= 0.6 is 0 Å². The maximum atomic E-state index is 12.2. The summed E-state index contributed by atoms with van der Waals surface area (Å²) in [6.07, 6.45) is 1.26. The Hall–Kier alpha value is -1.87. The van der Waals surface area contributed by atoms with Gasteiger partial charge in [-0.05, 0) is 19.1 Å². The lowest BCUT2D eigenvalue weighted by molar-refractivity contribution is -0.142. The molecule has 128 valence electrons. The van der Waals surface area contributed by atoms with Gasteiger partial charge in [-0.15, -0.1) is 0 Å². The monoisotopic (exact) mass is 344 g/mol. The summed E-state index contributed by atoms with van der Waals surface area (Å²) < 4.78 is 35.5. The first-order valence-electron chi connectivity index (χ1n) is 7.40. The van der Waals surface area contributed by atoms with Crippen LogP contribution in [0.15, 0.2) is 22.8 Å². The Morgan fingerprint density at radius 1 is 1.26 bits per heavy atom. The van der Waals surface area contributed by atoms with Crippen molar-refractivity contribution < 1.29 is 27.2 Å². The topological polar surface area (TPSA) is 97.1 Å². The van der Waals surface area contributed by atoms with Gasteiger partial charge in [0.05, 0.1) is 25.0 Å². The Kier molecular flexibility index (Phi) is 5.78. The van der Waals surface area contributed by atoms with E-state index in [9.17, 15) is 18.0 Å². The molecule has 1 fully saturated rings. The van der Waals surface area contributed by atoms with Gasteiger partial charge in [-0.25, -0.2) is 8.42 Å². The van der Waals surface area contributed by atoms with Gasteiger partial charge < -0.3 is 14.1 Å². The number of nitrogens with zero attached hydrogens (tertiary/aromatic N) is 2. The van der Waals surface area contributed by atoms with Crippen molar-refractivity contribution in [1.82, 2.24) is 9.21 Å². The molecule has 0 unspecified atom stereocenters. The van der Waals surface area contributed by atoms with E-state index in [0.29, 0.717) is 0 Å². The SMILES string of the molecule is CCOC(=O)CCS(=O)(=O)N1CCN(C(=O)c2ccco2)CC1. The number of piperazine rings is 1. The van der Waals surface area contributed by atoms with E-state index in [2.05, 4.69) is 0 Å². The zero-order valence-corrected chi connectivity index (χ0v) is 13.8. The number of furan rings is 1. The van der Waals surface area contributed by atoms with E-state index in [4.69, 9.17) is 9.15 Å². The predicted octanol–water partition coefficient (Wildman–Crippen LogP) is 0.320. The first-order chi connectivity index (χ1) is 10.9. The summed E-state index contributed by atoms with van der Waals surface area (Å²) in [7, 11) is -3.53. The van der Waals surface area contributed by atoms with Crippen molar-refractivity contribution in [3.63, 3.8) is 0 Å². The summed E-state index contributed by atoms with van der Waals surface area (Å²) in [5.74, 6) is -0.817.